The number of unbranched alkanes of at least 4 members (excludes halogenated alkanes) is 3. The summed E-state index contributed by atoms with van der Waals surface area (Å²) in [5.74, 6) is 0.364. The predicted molar refractivity (Wildman–Crippen MR) is 92.0 cm³/mol. The smallest absolute Gasteiger partial charge is 0.227 e. The molecule has 132 valence electrons. The number of nitrogens with zero attached hydrogens (tertiary/aromatic N) is 1. The van der Waals surface area contributed by atoms with E-state index in [2.05, 4.69) is 5.32 Å². The van der Waals surface area contributed by atoms with Crippen LogP contribution in [0.1, 0.15) is 32.1 Å². The fourth-order valence-electron chi connectivity index (χ4n) is 2.84. The van der Waals surface area contributed by atoms with Gasteiger partial charge < -0.3 is 20.1 Å². The Balaban J connectivity index is 1.79. The van der Waals surface area contributed by atoms with E-state index in [4.69, 9.17) is 9.84 Å². The number of carbonyl (C=O) groups is 2. The lowest BCUT2D eigenvalue weighted by molar-refractivity contribution is -0.126. The molecule has 2 amide bonds. The maximum absolute atomic E-state index is 12.2. The van der Waals surface area contributed by atoms with Gasteiger partial charge in [-0.2, -0.15) is 0 Å². The second-order valence-corrected chi connectivity index (χ2v) is 6.03. The van der Waals surface area contributed by atoms with Crippen molar-refractivity contribution in [2.75, 3.05) is 31.7 Å². The number of benzene rings is 1. The van der Waals surface area contributed by atoms with Crippen LogP contribution in [0.5, 0.6) is 5.75 Å². The summed E-state index contributed by atoms with van der Waals surface area (Å²) in [7, 11) is 1.60. The SMILES string of the molecule is COc1ccc(N2C[C@@H](C(=O)NCCCCCCO)CC2=O)cc1. The number of hydrogen-bond acceptors (Lipinski definition) is 4. The zero-order valence-electron chi connectivity index (χ0n) is 14.2. The number of rotatable bonds is 9. The Kier molecular flexibility index (Phi) is 7.06. The van der Waals surface area contributed by atoms with Crippen molar-refractivity contribution < 1.29 is 19.4 Å². The van der Waals surface area contributed by atoms with Gasteiger partial charge in [-0.15, -0.1) is 0 Å². The molecule has 0 saturated carbocycles. The lowest BCUT2D eigenvalue weighted by Gasteiger charge is -2.17. The minimum Gasteiger partial charge on any atom is -0.497 e. The van der Waals surface area contributed by atoms with Crippen LogP contribution >= 0.6 is 0 Å². The van der Waals surface area contributed by atoms with Gasteiger partial charge in [-0.25, -0.2) is 0 Å². The molecule has 0 radical (unpaired) electrons. The molecule has 0 unspecified atom stereocenters. The summed E-state index contributed by atoms with van der Waals surface area (Å²) >= 11 is 0. The molecule has 1 aromatic rings. The van der Waals surface area contributed by atoms with Crippen LogP contribution in [-0.4, -0.2) is 43.7 Å². The molecule has 1 heterocycles. The summed E-state index contributed by atoms with van der Waals surface area (Å²) in [5.41, 5.74) is 0.792. The molecule has 24 heavy (non-hydrogen) atoms. The number of nitrogens with one attached hydrogen (secondary N) is 1. The van der Waals surface area contributed by atoms with Gasteiger partial charge in [0.15, 0.2) is 0 Å². The highest BCUT2D eigenvalue weighted by Gasteiger charge is 2.34. The van der Waals surface area contributed by atoms with Crippen molar-refractivity contribution in [3.63, 3.8) is 0 Å². The highest BCUT2D eigenvalue weighted by molar-refractivity contribution is 6.00. The first kappa shape index (κ1) is 18.3. The molecule has 0 aliphatic carbocycles. The van der Waals surface area contributed by atoms with Crippen LogP contribution in [0.15, 0.2) is 24.3 Å². The van der Waals surface area contributed by atoms with Crippen molar-refractivity contribution in [2.45, 2.75) is 32.1 Å². The number of aliphatic hydroxyl groups is 1. The number of amides is 2. The van der Waals surface area contributed by atoms with Gasteiger partial charge in [-0.05, 0) is 37.1 Å². The summed E-state index contributed by atoms with van der Waals surface area (Å²) in [5, 5.41) is 11.6. The second-order valence-electron chi connectivity index (χ2n) is 6.03. The molecule has 2 rings (SSSR count). The number of ether oxygens (including phenoxy) is 1. The Morgan fingerprint density at radius 3 is 2.62 bits per heavy atom. The van der Waals surface area contributed by atoms with Gasteiger partial charge in [0.2, 0.25) is 11.8 Å². The van der Waals surface area contributed by atoms with Gasteiger partial charge in [-0.3, -0.25) is 9.59 Å². The Morgan fingerprint density at radius 1 is 1.25 bits per heavy atom. The Bertz CT molecular complexity index is 544. The van der Waals surface area contributed by atoms with Crippen molar-refractivity contribution in [3.8, 4) is 5.75 Å². The summed E-state index contributed by atoms with van der Waals surface area (Å²) in [6, 6.07) is 7.28. The molecule has 0 aromatic heterocycles. The predicted octanol–water partition coefficient (Wildman–Crippen LogP) is 1.72. The molecule has 1 fully saturated rings. The van der Waals surface area contributed by atoms with E-state index in [1.165, 1.54) is 0 Å². The van der Waals surface area contributed by atoms with Gasteiger partial charge in [0, 0.05) is 31.8 Å². The monoisotopic (exact) mass is 334 g/mol. The second kappa shape index (κ2) is 9.27. The minimum atomic E-state index is -0.294. The van der Waals surface area contributed by atoms with Crippen LogP contribution in [0.25, 0.3) is 0 Å². The Hall–Kier alpha value is -2.08. The molecule has 1 atom stereocenters. The fraction of sp³-hybridized carbons (Fsp3) is 0.556. The van der Waals surface area contributed by atoms with Crippen molar-refractivity contribution in [1.29, 1.82) is 0 Å². The van der Waals surface area contributed by atoms with Crippen LogP contribution in [0, 0.1) is 5.92 Å². The van der Waals surface area contributed by atoms with Gasteiger partial charge >= 0.3 is 0 Å². The largest absolute Gasteiger partial charge is 0.497 e. The molecular weight excluding hydrogens is 308 g/mol. The van der Waals surface area contributed by atoms with E-state index in [1.54, 1.807) is 12.0 Å². The molecule has 1 aliphatic heterocycles. The quantitative estimate of drug-likeness (QED) is 0.674. The molecule has 1 aliphatic rings. The van der Waals surface area contributed by atoms with Crippen molar-refractivity contribution in [2.24, 2.45) is 5.92 Å². The van der Waals surface area contributed by atoms with E-state index >= 15 is 0 Å². The van der Waals surface area contributed by atoms with E-state index in [0.717, 1.165) is 37.1 Å². The molecule has 0 bridgehead atoms. The van der Waals surface area contributed by atoms with Crippen molar-refractivity contribution in [1.82, 2.24) is 5.32 Å². The summed E-state index contributed by atoms with van der Waals surface area (Å²) in [6.45, 7) is 1.26. The number of hydrogen-bond donors (Lipinski definition) is 2. The minimum absolute atomic E-state index is 0.0248. The van der Waals surface area contributed by atoms with Crippen LogP contribution in [0.2, 0.25) is 0 Å². The van der Waals surface area contributed by atoms with Crippen molar-refractivity contribution >= 4 is 17.5 Å². The topological polar surface area (TPSA) is 78.9 Å². The van der Waals surface area contributed by atoms with Crippen LogP contribution < -0.4 is 15.0 Å². The zero-order chi connectivity index (χ0) is 17.4. The normalized spacial score (nSPS) is 17.2. The number of methoxy groups -OCH3 is 1. The zero-order valence-corrected chi connectivity index (χ0v) is 14.2. The molecule has 2 N–H and O–H groups in total. The Morgan fingerprint density at radius 2 is 1.96 bits per heavy atom. The number of aliphatic hydroxyl groups excluding tert-OH is 1. The van der Waals surface area contributed by atoms with Gasteiger partial charge in [-0.1, -0.05) is 12.8 Å². The fourth-order valence-corrected chi connectivity index (χ4v) is 2.84. The number of carbonyl (C=O) groups excluding carboxylic acids is 2. The van der Waals surface area contributed by atoms with E-state index < -0.39 is 0 Å². The third-order valence-electron chi connectivity index (χ3n) is 4.26. The third-order valence-corrected chi connectivity index (χ3v) is 4.26. The maximum atomic E-state index is 12.2. The van der Waals surface area contributed by atoms with Crippen LogP contribution in [0.4, 0.5) is 5.69 Å². The number of anilines is 1. The molecule has 6 heteroatoms. The highest BCUT2D eigenvalue weighted by atomic mass is 16.5. The lowest BCUT2D eigenvalue weighted by Crippen LogP contribution is -2.33. The molecular formula is C18H26N2O4. The van der Waals surface area contributed by atoms with E-state index in [1.807, 2.05) is 24.3 Å². The third kappa shape index (κ3) is 4.96. The van der Waals surface area contributed by atoms with Gasteiger partial charge in [0.1, 0.15) is 5.75 Å². The molecule has 1 aromatic carbocycles. The first-order valence-corrected chi connectivity index (χ1v) is 8.48. The highest BCUT2D eigenvalue weighted by Crippen LogP contribution is 2.26. The summed E-state index contributed by atoms with van der Waals surface area (Å²) < 4.78 is 5.12. The van der Waals surface area contributed by atoms with E-state index in [0.29, 0.717) is 13.1 Å². The standard InChI is InChI=1S/C18H26N2O4/c1-24-16-8-6-15(7-9-16)20-13-14(12-17(20)22)18(23)19-10-4-2-3-5-11-21/h6-9,14,21H,2-5,10-13H2,1H3,(H,19,23)/t14-/m0/s1. The summed E-state index contributed by atoms with van der Waals surface area (Å²) in [4.78, 5) is 26.0. The molecule has 1 saturated heterocycles. The average molecular weight is 334 g/mol. The van der Waals surface area contributed by atoms with Crippen molar-refractivity contribution in [3.05, 3.63) is 24.3 Å². The molecule has 6 nitrogen and oxygen atoms in total. The van der Waals surface area contributed by atoms with Crippen LogP contribution in [0.3, 0.4) is 0 Å². The van der Waals surface area contributed by atoms with Gasteiger partial charge in [0.05, 0.1) is 13.0 Å². The van der Waals surface area contributed by atoms with Crippen LogP contribution in [-0.2, 0) is 9.59 Å². The maximum Gasteiger partial charge on any atom is 0.227 e. The first-order valence-electron chi connectivity index (χ1n) is 8.48. The average Bonchev–Trinajstić information content (AvgIpc) is 3.00. The van der Waals surface area contributed by atoms with Gasteiger partial charge in [0.25, 0.3) is 0 Å². The van der Waals surface area contributed by atoms with E-state index in [9.17, 15) is 9.59 Å². The Labute approximate surface area is 142 Å². The molecule has 0 spiro atoms. The lowest BCUT2D eigenvalue weighted by atomic mass is 10.1. The summed E-state index contributed by atoms with van der Waals surface area (Å²) in [6.07, 6.45) is 3.92. The van der Waals surface area contributed by atoms with E-state index in [-0.39, 0.29) is 30.8 Å². The first-order chi connectivity index (χ1) is 11.7.